The molecule has 0 unspecified atom stereocenters. The molecule has 0 aliphatic carbocycles. The standard InChI is InChI=1S/C10H11BrN2O3.C6H3BrFNO2/c11-9-7-8(1-2-10(9)13(14)15)12-3-5-16-6-4-12;7-5-3-4(8)1-2-6(5)9(10)11/h1-2,7H,3-6H2;1-3H. The lowest BCUT2D eigenvalue weighted by Crippen LogP contribution is -2.36. The molecule has 0 saturated carbocycles. The Balaban J connectivity index is 0.000000208. The molecular weight excluding hydrogens is 493 g/mol. The molecule has 0 aromatic heterocycles. The smallest absolute Gasteiger partial charge is 0.283 e. The van der Waals surface area contributed by atoms with Crippen LogP contribution >= 0.6 is 31.9 Å². The number of ether oxygens (including phenoxy) is 1. The summed E-state index contributed by atoms with van der Waals surface area (Å²) in [7, 11) is 0. The van der Waals surface area contributed by atoms with Crippen LogP contribution in [0.3, 0.4) is 0 Å². The molecule has 0 N–H and O–H groups in total. The highest BCUT2D eigenvalue weighted by Gasteiger charge is 2.16. The fourth-order valence-electron chi connectivity index (χ4n) is 2.29. The minimum atomic E-state index is -0.580. The first-order valence-electron chi connectivity index (χ1n) is 7.65. The molecule has 2 aromatic carbocycles. The highest BCUT2D eigenvalue weighted by Crippen LogP contribution is 2.29. The summed E-state index contributed by atoms with van der Waals surface area (Å²) in [6.45, 7) is 3.05. The average Bonchev–Trinajstić information content (AvgIpc) is 2.62. The van der Waals surface area contributed by atoms with Crippen LogP contribution in [0.15, 0.2) is 45.3 Å². The van der Waals surface area contributed by atoms with Gasteiger partial charge >= 0.3 is 0 Å². The summed E-state index contributed by atoms with van der Waals surface area (Å²) in [6.07, 6.45) is 0. The summed E-state index contributed by atoms with van der Waals surface area (Å²) in [4.78, 5) is 22.0. The quantitative estimate of drug-likeness (QED) is 0.442. The molecule has 8 nitrogen and oxygen atoms in total. The van der Waals surface area contributed by atoms with Gasteiger partial charge in [0.05, 0.1) is 32.0 Å². The molecule has 27 heavy (non-hydrogen) atoms. The van der Waals surface area contributed by atoms with Gasteiger partial charge in [0.1, 0.15) is 5.82 Å². The van der Waals surface area contributed by atoms with E-state index in [0.29, 0.717) is 17.7 Å². The maximum Gasteiger partial charge on any atom is 0.283 e. The molecule has 0 radical (unpaired) electrons. The topological polar surface area (TPSA) is 98.8 Å². The summed E-state index contributed by atoms with van der Waals surface area (Å²) in [6, 6.07) is 8.28. The number of halogens is 3. The summed E-state index contributed by atoms with van der Waals surface area (Å²) < 4.78 is 18.3. The molecule has 0 amide bonds. The van der Waals surface area contributed by atoms with Crippen LogP contribution in [-0.2, 0) is 4.74 Å². The number of nitrogens with zero attached hydrogens (tertiary/aromatic N) is 3. The zero-order chi connectivity index (χ0) is 20.0. The average molecular weight is 507 g/mol. The number of benzene rings is 2. The molecule has 1 heterocycles. The Labute approximate surface area is 170 Å². The largest absolute Gasteiger partial charge is 0.378 e. The van der Waals surface area contributed by atoms with Crippen molar-refractivity contribution < 1.29 is 19.0 Å². The molecule has 2 aromatic rings. The molecule has 0 bridgehead atoms. The lowest BCUT2D eigenvalue weighted by atomic mass is 10.2. The van der Waals surface area contributed by atoms with E-state index in [9.17, 15) is 24.6 Å². The molecule has 11 heteroatoms. The van der Waals surface area contributed by atoms with Crippen molar-refractivity contribution in [2.24, 2.45) is 0 Å². The predicted octanol–water partition coefficient (Wildman–Crippen LogP) is 4.69. The monoisotopic (exact) mass is 505 g/mol. The van der Waals surface area contributed by atoms with Crippen molar-refractivity contribution in [1.82, 2.24) is 0 Å². The SMILES string of the molecule is O=[N+]([O-])c1ccc(F)cc1Br.O=[N+]([O-])c1ccc(N2CCOCC2)cc1Br. The molecule has 3 rings (SSSR count). The van der Waals surface area contributed by atoms with Gasteiger partial charge in [0.15, 0.2) is 0 Å². The lowest BCUT2D eigenvalue weighted by molar-refractivity contribution is -0.385. The van der Waals surface area contributed by atoms with Crippen LogP contribution in [0.1, 0.15) is 0 Å². The predicted molar refractivity (Wildman–Crippen MR) is 105 cm³/mol. The van der Waals surface area contributed by atoms with Gasteiger partial charge in [-0.2, -0.15) is 0 Å². The minimum absolute atomic E-state index is 0.0945. The highest BCUT2D eigenvalue weighted by atomic mass is 79.9. The number of anilines is 1. The number of nitro benzene ring substituents is 2. The van der Waals surface area contributed by atoms with Crippen molar-refractivity contribution in [1.29, 1.82) is 0 Å². The number of nitro groups is 2. The normalized spacial score (nSPS) is 13.5. The molecule has 1 saturated heterocycles. The van der Waals surface area contributed by atoms with Crippen LogP contribution in [0.5, 0.6) is 0 Å². The van der Waals surface area contributed by atoms with Crippen molar-refractivity contribution in [3.63, 3.8) is 0 Å². The summed E-state index contributed by atoms with van der Waals surface area (Å²) in [5.41, 5.74) is 0.948. The Morgan fingerprint density at radius 2 is 1.44 bits per heavy atom. The van der Waals surface area contributed by atoms with Crippen molar-refractivity contribution in [2.75, 3.05) is 31.2 Å². The Morgan fingerprint density at radius 1 is 0.926 bits per heavy atom. The summed E-state index contributed by atoms with van der Waals surface area (Å²) in [5, 5.41) is 20.8. The van der Waals surface area contributed by atoms with Crippen LogP contribution < -0.4 is 4.90 Å². The zero-order valence-electron chi connectivity index (χ0n) is 13.8. The third-order valence-corrected chi connectivity index (χ3v) is 4.88. The Hall–Kier alpha value is -2.11. The van der Waals surface area contributed by atoms with Gasteiger partial charge in [-0.1, -0.05) is 0 Å². The first kappa shape index (κ1) is 21.2. The number of morpholine rings is 1. The highest BCUT2D eigenvalue weighted by molar-refractivity contribution is 9.11. The van der Waals surface area contributed by atoms with E-state index in [1.165, 1.54) is 6.07 Å². The van der Waals surface area contributed by atoms with Crippen LogP contribution in [0.25, 0.3) is 0 Å². The van der Waals surface area contributed by atoms with E-state index in [1.807, 2.05) is 0 Å². The van der Waals surface area contributed by atoms with E-state index in [2.05, 4.69) is 36.8 Å². The van der Waals surface area contributed by atoms with Gasteiger partial charge in [-0.25, -0.2) is 4.39 Å². The fraction of sp³-hybridized carbons (Fsp3) is 0.250. The Morgan fingerprint density at radius 3 is 1.93 bits per heavy atom. The van der Waals surface area contributed by atoms with E-state index in [-0.39, 0.29) is 15.8 Å². The van der Waals surface area contributed by atoms with Crippen LogP contribution in [0.4, 0.5) is 21.5 Å². The van der Waals surface area contributed by atoms with Crippen molar-refractivity contribution in [2.45, 2.75) is 0 Å². The van der Waals surface area contributed by atoms with Crippen LogP contribution in [0, 0.1) is 26.0 Å². The second-order valence-electron chi connectivity index (χ2n) is 5.35. The molecule has 1 fully saturated rings. The second kappa shape index (κ2) is 9.72. The van der Waals surface area contributed by atoms with Gasteiger partial charge in [0, 0.05) is 30.9 Å². The Kier molecular flexibility index (Phi) is 7.63. The molecular formula is C16H14Br2FN3O5. The maximum absolute atomic E-state index is 12.4. The van der Waals surface area contributed by atoms with Gasteiger partial charge < -0.3 is 9.64 Å². The first-order chi connectivity index (χ1) is 12.8. The number of rotatable bonds is 3. The first-order valence-corrected chi connectivity index (χ1v) is 9.24. The molecule has 1 aliphatic rings. The second-order valence-corrected chi connectivity index (χ2v) is 7.05. The van der Waals surface area contributed by atoms with Gasteiger partial charge in [0.2, 0.25) is 0 Å². The van der Waals surface area contributed by atoms with E-state index >= 15 is 0 Å². The van der Waals surface area contributed by atoms with E-state index in [4.69, 9.17) is 4.74 Å². The fourth-order valence-corrected chi connectivity index (χ4v) is 3.30. The maximum atomic E-state index is 12.4. The third-order valence-electron chi connectivity index (χ3n) is 3.61. The molecule has 1 aliphatic heterocycles. The minimum Gasteiger partial charge on any atom is -0.378 e. The number of hydrogen-bond donors (Lipinski definition) is 0. The Bertz CT molecular complexity index is 847. The lowest BCUT2D eigenvalue weighted by Gasteiger charge is -2.28. The van der Waals surface area contributed by atoms with Gasteiger partial charge in [-0.3, -0.25) is 20.2 Å². The van der Waals surface area contributed by atoms with Gasteiger partial charge in [-0.05, 0) is 56.1 Å². The zero-order valence-corrected chi connectivity index (χ0v) is 17.0. The van der Waals surface area contributed by atoms with Gasteiger partial charge in [0.25, 0.3) is 11.4 Å². The third kappa shape index (κ3) is 5.94. The van der Waals surface area contributed by atoms with Crippen LogP contribution in [0.2, 0.25) is 0 Å². The van der Waals surface area contributed by atoms with E-state index < -0.39 is 15.7 Å². The molecule has 144 valence electrons. The summed E-state index contributed by atoms with van der Waals surface area (Å²) in [5.74, 6) is -0.498. The van der Waals surface area contributed by atoms with E-state index in [1.54, 1.807) is 12.1 Å². The van der Waals surface area contributed by atoms with Crippen LogP contribution in [-0.4, -0.2) is 36.1 Å². The molecule has 0 spiro atoms. The summed E-state index contributed by atoms with van der Waals surface area (Å²) >= 11 is 6.08. The van der Waals surface area contributed by atoms with Crippen molar-refractivity contribution >= 4 is 48.9 Å². The van der Waals surface area contributed by atoms with Gasteiger partial charge in [-0.15, -0.1) is 0 Å². The number of hydrogen-bond acceptors (Lipinski definition) is 6. The van der Waals surface area contributed by atoms with Crippen molar-refractivity contribution in [3.8, 4) is 0 Å². The molecule has 0 atom stereocenters. The van der Waals surface area contributed by atoms with Crippen molar-refractivity contribution in [3.05, 3.63) is 71.4 Å². The van der Waals surface area contributed by atoms with E-state index in [0.717, 1.165) is 37.0 Å².